The molecule has 0 spiro atoms. The minimum atomic E-state index is 0.258. The van der Waals surface area contributed by atoms with Gasteiger partial charge in [-0.1, -0.05) is 13.8 Å². The van der Waals surface area contributed by atoms with Crippen LogP contribution in [-0.2, 0) is 6.54 Å². The van der Waals surface area contributed by atoms with Crippen LogP contribution in [0.1, 0.15) is 37.9 Å². The molecule has 23 heavy (non-hydrogen) atoms. The van der Waals surface area contributed by atoms with Crippen LogP contribution in [0.15, 0.2) is 22.8 Å². The Kier molecular flexibility index (Phi) is 5.07. The second-order valence-corrected chi connectivity index (χ2v) is 6.76. The van der Waals surface area contributed by atoms with Crippen LogP contribution in [0.4, 0.5) is 0 Å². The smallest absolute Gasteiger partial charge is 0.168 e. The molecule has 0 bridgehead atoms. The minimum Gasteiger partial charge on any atom is -0.467 e. The van der Waals surface area contributed by atoms with Gasteiger partial charge >= 0.3 is 0 Å². The summed E-state index contributed by atoms with van der Waals surface area (Å²) >= 11 is 0. The van der Waals surface area contributed by atoms with Crippen LogP contribution in [0, 0.1) is 5.92 Å². The number of likely N-dealkylation sites (N-methyl/N-ethyl adjacent to an activating group) is 1. The Labute approximate surface area is 137 Å². The molecule has 0 N–H and O–H groups in total. The molecular formula is C16H26N6O. The highest BCUT2D eigenvalue weighted by molar-refractivity contribution is 5.02. The summed E-state index contributed by atoms with van der Waals surface area (Å²) in [4.78, 5) is 4.89. The van der Waals surface area contributed by atoms with Crippen LogP contribution in [-0.4, -0.2) is 63.2 Å². The number of piperazine rings is 1. The fourth-order valence-electron chi connectivity index (χ4n) is 3.11. The van der Waals surface area contributed by atoms with Crippen molar-refractivity contribution in [2.45, 2.75) is 32.9 Å². The van der Waals surface area contributed by atoms with Gasteiger partial charge in [0.15, 0.2) is 5.82 Å². The molecule has 1 fully saturated rings. The molecule has 1 unspecified atom stereocenters. The number of nitrogens with zero attached hydrogens (tertiary/aromatic N) is 6. The number of hydrogen-bond donors (Lipinski definition) is 0. The molecule has 0 radical (unpaired) electrons. The molecule has 0 aromatic carbocycles. The molecule has 2 aromatic heterocycles. The average molecular weight is 318 g/mol. The second kappa shape index (κ2) is 7.23. The predicted octanol–water partition coefficient (Wildman–Crippen LogP) is 1.65. The monoisotopic (exact) mass is 318 g/mol. The maximum absolute atomic E-state index is 5.45. The zero-order valence-corrected chi connectivity index (χ0v) is 14.2. The molecule has 0 saturated carbocycles. The highest BCUT2D eigenvalue weighted by Crippen LogP contribution is 2.27. The van der Waals surface area contributed by atoms with E-state index < -0.39 is 0 Å². The fraction of sp³-hybridized carbons (Fsp3) is 0.688. The van der Waals surface area contributed by atoms with Gasteiger partial charge in [-0.2, -0.15) is 0 Å². The first-order valence-electron chi connectivity index (χ1n) is 8.34. The number of aromatic nitrogens is 4. The summed E-state index contributed by atoms with van der Waals surface area (Å²) in [6.45, 7) is 9.39. The lowest BCUT2D eigenvalue weighted by Crippen LogP contribution is -2.46. The van der Waals surface area contributed by atoms with Gasteiger partial charge in [0.2, 0.25) is 0 Å². The Balaban J connectivity index is 1.80. The second-order valence-electron chi connectivity index (χ2n) is 6.76. The van der Waals surface area contributed by atoms with E-state index in [1.54, 1.807) is 6.26 Å². The molecule has 0 amide bonds. The topological polar surface area (TPSA) is 63.2 Å². The highest BCUT2D eigenvalue weighted by atomic mass is 16.3. The third kappa shape index (κ3) is 3.97. The van der Waals surface area contributed by atoms with Crippen LogP contribution in [0.25, 0.3) is 0 Å². The van der Waals surface area contributed by atoms with Crippen LogP contribution < -0.4 is 0 Å². The van der Waals surface area contributed by atoms with E-state index in [0.29, 0.717) is 12.5 Å². The summed E-state index contributed by atoms with van der Waals surface area (Å²) in [6, 6.07) is 4.11. The van der Waals surface area contributed by atoms with Crippen LogP contribution in [0.3, 0.4) is 0 Å². The van der Waals surface area contributed by atoms with Gasteiger partial charge in [0.1, 0.15) is 12.3 Å². The molecule has 1 saturated heterocycles. The largest absolute Gasteiger partial charge is 0.467 e. The van der Waals surface area contributed by atoms with Crippen molar-refractivity contribution in [2.24, 2.45) is 5.92 Å². The minimum absolute atomic E-state index is 0.258. The van der Waals surface area contributed by atoms with Crippen molar-refractivity contribution in [3.63, 3.8) is 0 Å². The lowest BCUT2D eigenvalue weighted by atomic mass is 10.0. The van der Waals surface area contributed by atoms with E-state index in [9.17, 15) is 0 Å². The lowest BCUT2D eigenvalue weighted by Gasteiger charge is -2.37. The number of furan rings is 1. The molecule has 1 aliphatic heterocycles. The first-order valence-corrected chi connectivity index (χ1v) is 8.34. The van der Waals surface area contributed by atoms with E-state index in [1.165, 1.54) is 0 Å². The maximum Gasteiger partial charge on any atom is 0.168 e. The van der Waals surface area contributed by atoms with Crippen molar-refractivity contribution < 1.29 is 4.42 Å². The van der Waals surface area contributed by atoms with Gasteiger partial charge in [-0.3, -0.25) is 4.90 Å². The van der Waals surface area contributed by atoms with Crippen LogP contribution in [0.5, 0.6) is 0 Å². The lowest BCUT2D eigenvalue weighted by molar-refractivity contribution is 0.0933. The quantitative estimate of drug-likeness (QED) is 0.807. The van der Waals surface area contributed by atoms with E-state index in [1.807, 2.05) is 16.8 Å². The molecular weight excluding hydrogens is 292 g/mol. The Morgan fingerprint density at radius 3 is 2.65 bits per heavy atom. The Morgan fingerprint density at radius 2 is 2.00 bits per heavy atom. The van der Waals surface area contributed by atoms with Crippen molar-refractivity contribution in [3.05, 3.63) is 30.0 Å². The third-order valence-corrected chi connectivity index (χ3v) is 4.42. The summed E-state index contributed by atoms with van der Waals surface area (Å²) in [7, 11) is 2.18. The first-order chi connectivity index (χ1) is 11.1. The average Bonchev–Trinajstić information content (AvgIpc) is 3.18. The van der Waals surface area contributed by atoms with Gasteiger partial charge in [-0.15, -0.1) is 5.10 Å². The summed E-state index contributed by atoms with van der Waals surface area (Å²) in [5, 5.41) is 12.5. The molecule has 1 aliphatic rings. The van der Waals surface area contributed by atoms with E-state index in [0.717, 1.165) is 44.2 Å². The third-order valence-electron chi connectivity index (χ3n) is 4.42. The summed E-state index contributed by atoms with van der Waals surface area (Å²) < 4.78 is 7.32. The molecule has 7 nitrogen and oxygen atoms in total. The normalized spacial score (nSPS) is 18.6. The Bertz CT molecular complexity index is 585. The van der Waals surface area contributed by atoms with Gasteiger partial charge < -0.3 is 9.32 Å². The van der Waals surface area contributed by atoms with Crippen molar-refractivity contribution in [1.29, 1.82) is 0 Å². The van der Waals surface area contributed by atoms with Crippen molar-refractivity contribution in [2.75, 3.05) is 33.2 Å². The van der Waals surface area contributed by atoms with E-state index in [2.05, 4.69) is 46.2 Å². The van der Waals surface area contributed by atoms with Gasteiger partial charge in [-0.25, -0.2) is 4.68 Å². The molecule has 0 aliphatic carbocycles. The molecule has 7 heteroatoms. The molecule has 126 valence electrons. The number of rotatable bonds is 6. The first kappa shape index (κ1) is 16.1. The van der Waals surface area contributed by atoms with E-state index in [4.69, 9.17) is 4.42 Å². The van der Waals surface area contributed by atoms with Gasteiger partial charge in [0, 0.05) is 26.2 Å². The zero-order chi connectivity index (χ0) is 16.2. The molecule has 3 rings (SSSR count). The molecule has 1 atom stereocenters. The maximum atomic E-state index is 5.45. The van der Waals surface area contributed by atoms with Crippen molar-refractivity contribution in [3.8, 4) is 0 Å². The van der Waals surface area contributed by atoms with E-state index >= 15 is 0 Å². The van der Waals surface area contributed by atoms with Crippen LogP contribution >= 0.6 is 0 Å². The Morgan fingerprint density at radius 1 is 1.22 bits per heavy atom. The standard InChI is InChI=1S/C16H26N6O/c1-13(2)11-15(21-8-6-20(3)7-9-21)16-17-18-19-22(16)12-14-5-4-10-23-14/h4-5,10,13,15H,6-9,11-12H2,1-3H3. The predicted molar refractivity (Wildman–Crippen MR) is 86.9 cm³/mol. The Hall–Kier alpha value is -1.73. The summed E-state index contributed by atoms with van der Waals surface area (Å²) in [5.41, 5.74) is 0. The molecule has 3 heterocycles. The summed E-state index contributed by atoms with van der Waals surface area (Å²) in [5.74, 6) is 2.41. The van der Waals surface area contributed by atoms with Crippen molar-refractivity contribution in [1.82, 2.24) is 30.0 Å². The number of hydrogen-bond acceptors (Lipinski definition) is 6. The summed E-state index contributed by atoms with van der Waals surface area (Å²) in [6.07, 6.45) is 2.74. The zero-order valence-electron chi connectivity index (χ0n) is 14.2. The van der Waals surface area contributed by atoms with Crippen molar-refractivity contribution >= 4 is 0 Å². The SMILES string of the molecule is CC(C)CC(c1nnnn1Cc1ccco1)N1CCN(C)CC1. The van der Waals surface area contributed by atoms with Gasteiger partial charge in [-0.05, 0) is 41.9 Å². The highest BCUT2D eigenvalue weighted by Gasteiger charge is 2.29. The van der Waals surface area contributed by atoms with Gasteiger partial charge in [0.05, 0.1) is 12.3 Å². The van der Waals surface area contributed by atoms with Gasteiger partial charge in [0.25, 0.3) is 0 Å². The molecule has 2 aromatic rings. The van der Waals surface area contributed by atoms with Crippen LogP contribution in [0.2, 0.25) is 0 Å². The van der Waals surface area contributed by atoms with E-state index in [-0.39, 0.29) is 6.04 Å². The fourth-order valence-corrected chi connectivity index (χ4v) is 3.11. The number of tetrazole rings is 1.